The van der Waals surface area contributed by atoms with E-state index in [0.717, 1.165) is 96.3 Å². The highest BCUT2D eigenvalue weighted by Gasteiger charge is 2.47. The van der Waals surface area contributed by atoms with Crippen molar-refractivity contribution in [2.24, 2.45) is 0 Å². The smallest absolute Gasteiger partial charge is 0.306 e. The van der Waals surface area contributed by atoms with Gasteiger partial charge >= 0.3 is 11.9 Å². The van der Waals surface area contributed by atoms with E-state index in [-0.39, 0.29) is 19.4 Å². The van der Waals surface area contributed by atoms with Crippen LogP contribution in [0.4, 0.5) is 0 Å². The number of hydrogen-bond donors (Lipinski definition) is 7. The summed E-state index contributed by atoms with van der Waals surface area (Å²) in [5.74, 6) is -0.971. The summed E-state index contributed by atoms with van der Waals surface area (Å²) in [5.41, 5.74) is 0. The summed E-state index contributed by atoms with van der Waals surface area (Å²) >= 11 is 0. The molecule has 11 atom stereocenters. The van der Waals surface area contributed by atoms with Crippen LogP contribution in [0.25, 0.3) is 0 Å². The number of allylic oxidation sites excluding steroid dienone is 14. The molecule has 0 aromatic carbocycles. The summed E-state index contributed by atoms with van der Waals surface area (Å²) in [6, 6.07) is 0. The topological polar surface area (TPSA) is 231 Å². The number of carbonyl (C=O) groups is 2. The van der Waals surface area contributed by atoms with Gasteiger partial charge < -0.3 is 64.2 Å². The average molecular weight is 1020 g/mol. The molecule has 0 aromatic heterocycles. The van der Waals surface area contributed by atoms with Crippen LogP contribution in [0.3, 0.4) is 0 Å². The SMILES string of the molecule is CC/C=C\C/C=C\C/C=C\C/C=C\CCCCCCCCCCCCC(=O)OC(COC(=O)CCCCC/C=C\C/C=C\C/C=C\CC)COC1OC(COC2OC(CO)C(O)C(O)C2O)C(O)C(O)C1O. The predicted octanol–water partition coefficient (Wildman–Crippen LogP) is 8.38. The first-order valence-electron chi connectivity index (χ1n) is 27.2. The average Bonchev–Trinajstić information content (AvgIpc) is 3.37. The minimum atomic E-state index is -1.77. The molecule has 15 nitrogen and oxygen atoms in total. The van der Waals surface area contributed by atoms with Crippen LogP contribution in [0, 0.1) is 0 Å². The van der Waals surface area contributed by atoms with Crippen molar-refractivity contribution in [2.75, 3.05) is 26.4 Å². The van der Waals surface area contributed by atoms with Gasteiger partial charge in [0, 0.05) is 12.8 Å². The molecular weight excluding hydrogens is 925 g/mol. The molecule has 7 N–H and O–H groups in total. The highest BCUT2D eigenvalue weighted by Crippen LogP contribution is 2.26. The number of aliphatic hydroxyl groups excluding tert-OH is 7. The fraction of sp³-hybridized carbons (Fsp3) is 0.719. The second-order valence-electron chi connectivity index (χ2n) is 18.6. The van der Waals surface area contributed by atoms with Crippen LogP contribution in [0.1, 0.15) is 168 Å². The Bertz CT molecular complexity index is 1570. The van der Waals surface area contributed by atoms with Gasteiger partial charge in [-0.05, 0) is 83.5 Å². The predicted molar refractivity (Wildman–Crippen MR) is 279 cm³/mol. The summed E-state index contributed by atoms with van der Waals surface area (Å²) < 4.78 is 33.6. The number of carbonyl (C=O) groups excluding carboxylic acids is 2. The van der Waals surface area contributed by atoms with Crippen molar-refractivity contribution in [2.45, 2.75) is 235 Å². The molecule has 0 bridgehead atoms. The molecule has 11 unspecified atom stereocenters. The number of unbranched alkanes of at least 4 members (excludes halogenated alkanes) is 13. The van der Waals surface area contributed by atoms with E-state index in [1.54, 1.807) is 0 Å². The van der Waals surface area contributed by atoms with Crippen LogP contribution >= 0.6 is 0 Å². The normalized spacial score (nSPS) is 25.7. The van der Waals surface area contributed by atoms with Crippen molar-refractivity contribution < 1.29 is 73.8 Å². The minimum Gasteiger partial charge on any atom is -0.462 e. The number of hydrogen-bond acceptors (Lipinski definition) is 15. The molecule has 0 aromatic rings. The second-order valence-corrected chi connectivity index (χ2v) is 18.6. The summed E-state index contributed by atoms with van der Waals surface area (Å²) in [5, 5.41) is 72.2. The molecule has 2 aliphatic rings. The molecule has 0 saturated carbocycles. The van der Waals surface area contributed by atoms with Crippen LogP contribution in [-0.2, 0) is 38.0 Å². The van der Waals surface area contributed by atoms with Crippen molar-refractivity contribution in [1.82, 2.24) is 0 Å². The molecule has 2 aliphatic heterocycles. The summed E-state index contributed by atoms with van der Waals surface area (Å²) in [6.45, 7) is 2.32. The molecule has 72 heavy (non-hydrogen) atoms. The Labute approximate surface area is 431 Å². The lowest BCUT2D eigenvalue weighted by Crippen LogP contribution is -2.61. The van der Waals surface area contributed by atoms with E-state index < -0.39 is 99.3 Å². The molecule has 15 heteroatoms. The minimum absolute atomic E-state index is 0.148. The first-order chi connectivity index (χ1) is 35.0. The highest BCUT2D eigenvalue weighted by molar-refractivity contribution is 5.70. The number of rotatable bonds is 41. The van der Waals surface area contributed by atoms with Crippen molar-refractivity contribution in [1.29, 1.82) is 0 Å². The third-order valence-electron chi connectivity index (χ3n) is 12.4. The molecule has 2 saturated heterocycles. The van der Waals surface area contributed by atoms with Crippen molar-refractivity contribution >= 4 is 11.9 Å². The van der Waals surface area contributed by atoms with Crippen molar-refractivity contribution in [3.63, 3.8) is 0 Å². The van der Waals surface area contributed by atoms with Crippen LogP contribution in [0.5, 0.6) is 0 Å². The molecule has 0 aliphatic carbocycles. The number of aliphatic hydroxyl groups is 7. The Kier molecular flexibility index (Phi) is 38.7. The maximum atomic E-state index is 13.0. The lowest BCUT2D eigenvalue weighted by molar-refractivity contribution is -0.332. The van der Waals surface area contributed by atoms with Crippen LogP contribution in [0.15, 0.2) is 85.1 Å². The molecule has 0 amide bonds. The highest BCUT2D eigenvalue weighted by atomic mass is 16.7. The van der Waals surface area contributed by atoms with Gasteiger partial charge in [-0.3, -0.25) is 9.59 Å². The summed E-state index contributed by atoms with van der Waals surface area (Å²) in [7, 11) is 0. The summed E-state index contributed by atoms with van der Waals surface area (Å²) in [4.78, 5) is 25.8. The van der Waals surface area contributed by atoms with Crippen LogP contribution < -0.4 is 0 Å². The molecule has 0 spiro atoms. The quantitative estimate of drug-likeness (QED) is 0.0173. The molecular formula is C57H94O15. The molecule has 0 radical (unpaired) electrons. The van der Waals surface area contributed by atoms with E-state index in [1.807, 2.05) is 0 Å². The zero-order valence-electron chi connectivity index (χ0n) is 43.6. The molecule has 2 heterocycles. The maximum absolute atomic E-state index is 13.0. The third kappa shape index (κ3) is 30.1. The zero-order chi connectivity index (χ0) is 52.4. The Balaban J connectivity index is 1.77. The zero-order valence-corrected chi connectivity index (χ0v) is 43.6. The first-order valence-corrected chi connectivity index (χ1v) is 27.2. The molecule has 2 fully saturated rings. The van der Waals surface area contributed by atoms with E-state index in [9.17, 15) is 45.3 Å². The molecule has 2 rings (SSSR count). The van der Waals surface area contributed by atoms with Gasteiger partial charge in [0.15, 0.2) is 18.7 Å². The van der Waals surface area contributed by atoms with E-state index in [0.29, 0.717) is 12.8 Å². The second kappa shape index (κ2) is 43.0. The van der Waals surface area contributed by atoms with E-state index in [2.05, 4.69) is 98.9 Å². The van der Waals surface area contributed by atoms with Crippen LogP contribution in [-0.4, -0.2) is 142 Å². The first kappa shape index (κ1) is 64.8. The molecule has 412 valence electrons. The van der Waals surface area contributed by atoms with Crippen molar-refractivity contribution in [3.8, 4) is 0 Å². The summed E-state index contributed by atoms with van der Waals surface area (Å²) in [6.07, 6.45) is 36.1. The van der Waals surface area contributed by atoms with Crippen molar-refractivity contribution in [3.05, 3.63) is 85.1 Å². The van der Waals surface area contributed by atoms with Gasteiger partial charge in [-0.2, -0.15) is 0 Å². The van der Waals surface area contributed by atoms with Gasteiger partial charge in [0.05, 0.1) is 19.8 Å². The van der Waals surface area contributed by atoms with Gasteiger partial charge in [-0.1, -0.05) is 157 Å². The Hall–Kier alpha value is -3.32. The fourth-order valence-corrected chi connectivity index (χ4v) is 7.99. The van der Waals surface area contributed by atoms with Gasteiger partial charge in [0.1, 0.15) is 55.4 Å². The van der Waals surface area contributed by atoms with E-state index in [1.165, 1.54) is 32.1 Å². The lowest BCUT2D eigenvalue weighted by atomic mass is 9.98. The number of ether oxygens (including phenoxy) is 6. The Morgan fingerprint density at radius 3 is 1.32 bits per heavy atom. The number of esters is 2. The largest absolute Gasteiger partial charge is 0.462 e. The monoisotopic (exact) mass is 1020 g/mol. The Morgan fingerprint density at radius 2 is 0.833 bits per heavy atom. The van der Waals surface area contributed by atoms with E-state index in [4.69, 9.17) is 28.4 Å². The third-order valence-corrected chi connectivity index (χ3v) is 12.4. The van der Waals surface area contributed by atoms with Gasteiger partial charge in [0.2, 0.25) is 0 Å². The lowest BCUT2D eigenvalue weighted by Gasteiger charge is -2.42. The fourth-order valence-electron chi connectivity index (χ4n) is 7.99. The van der Waals surface area contributed by atoms with E-state index >= 15 is 0 Å². The van der Waals surface area contributed by atoms with Crippen LogP contribution in [0.2, 0.25) is 0 Å². The maximum Gasteiger partial charge on any atom is 0.306 e. The standard InChI is InChI=1S/C57H94O15/c1-3-5-7-9-11-13-15-17-18-19-20-21-22-23-24-25-26-28-30-32-34-36-38-40-49(60)70-45(42-67-48(59)39-37-35-33-31-29-27-16-14-12-10-8-6-4-2)43-68-56-55(66)53(64)51(62)47(72-56)44-69-57-54(65)52(63)50(61)46(41-58)71-57/h5-8,11-14,17-18,20-21,27,29,45-47,50-58,61-66H,3-4,9-10,15-16,19,22-26,28,30-44H2,1-2H3/b7-5-,8-6-,13-11-,14-12-,18-17-,21-20-,29-27-. The Morgan fingerprint density at radius 1 is 0.444 bits per heavy atom. The van der Waals surface area contributed by atoms with Gasteiger partial charge in [-0.15, -0.1) is 0 Å². The van der Waals surface area contributed by atoms with Gasteiger partial charge in [-0.25, -0.2) is 0 Å². The van der Waals surface area contributed by atoms with Gasteiger partial charge in [0.25, 0.3) is 0 Å².